The molecule has 0 unspecified atom stereocenters. The van der Waals surface area contributed by atoms with Crippen molar-refractivity contribution in [2.75, 3.05) is 0 Å². The average Bonchev–Trinajstić information content (AvgIpc) is 2.58. The van der Waals surface area contributed by atoms with Gasteiger partial charge in [-0.15, -0.1) is 0 Å². The summed E-state index contributed by atoms with van der Waals surface area (Å²) in [4.78, 5) is 14.5. The van der Waals surface area contributed by atoms with Crippen molar-refractivity contribution in [2.24, 2.45) is 11.3 Å². The second-order valence-corrected chi connectivity index (χ2v) is 9.94. The molecule has 3 heteroatoms. The van der Waals surface area contributed by atoms with Crippen molar-refractivity contribution in [1.82, 2.24) is 0 Å². The maximum Gasteiger partial charge on any atom is 0.142 e. The molecule has 0 saturated carbocycles. The van der Waals surface area contributed by atoms with Gasteiger partial charge < -0.3 is 0 Å². The van der Waals surface area contributed by atoms with Crippen LogP contribution in [-0.2, 0) is 15.6 Å². The molecule has 0 aliphatic rings. The molecule has 0 spiro atoms. The third-order valence-electron chi connectivity index (χ3n) is 4.46. The zero-order valence-electron chi connectivity index (χ0n) is 16.7. The Morgan fingerprint density at radius 3 is 2.12 bits per heavy atom. The Kier molecular flexibility index (Phi) is 6.57. The Morgan fingerprint density at radius 1 is 1.00 bits per heavy atom. The number of aryl methyl sites for hydroxylation is 1. The molecule has 0 bridgehead atoms. The SMILES string of the molecule is Cc1ccc([S@](=O)c2ccccc2[C@H](CC(C)(C)C)C(=O)C(C)C)cc1. The largest absolute Gasteiger partial charge is 0.299 e. The molecule has 0 aliphatic carbocycles. The molecule has 0 N–H and O–H groups in total. The van der Waals surface area contributed by atoms with Crippen LogP contribution in [0.5, 0.6) is 0 Å². The van der Waals surface area contributed by atoms with Gasteiger partial charge in [0.15, 0.2) is 0 Å². The first-order chi connectivity index (χ1) is 12.1. The smallest absolute Gasteiger partial charge is 0.142 e. The van der Waals surface area contributed by atoms with E-state index in [-0.39, 0.29) is 23.0 Å². The number of carbonyl (C=O) groups excluding carboxylic acids is 1. The highest BCUT2D eigenvalue weighted by Crippen LogP contribution is 2.37. The fraction of sp³-hybridized carbons (Fsp3) is 0.435. The molecule has 0 fully saturated rings. The maximum atomic E-state index is 13.2. The minimum absolute atomic E-state index is 0.00762. The van der Waals surface area contributed by atoms with Crippen molar-refractivity contribution < 1.29 is 9.00 Å². The van der Waals surface area contributed by atoms with Gasteiger partial charge in [0.05, 0.1) is 10.8 Å². The predicted octanol–water partition coefficient (Wildman–Crippen LogP) is 5.91. The van der Waals surface area contributed by atoms with Gasteiger partial charge in [0.25, 0.3) is 0 Å². The minimum atomic E-state index is -1.30. The molecule has 2 aromatic carbocycles. The summed E-state index contributed by atoms with van der Waals surface area (Å²) in [5, 5.41) is 0. The molecule has 0 radical (unpaired) electrons. The number of benzene rings is 2. The summed E-state index contributed by atoms with van der Waals surface area (Å²) in [7, 11) is -1.30. The number of ketones is 1. The van der Waals surface area contributed by atoms with E-state index in [1.165, 1.54) is 0 Å². The highest BCUT2D eigenvalue weighted by atomic mass is 32.2. The van der Waals surface area contributed by atoms with E-state index in [0.717, 1.165) is 27.3 Å². The quantitative estimate of drug-likeness (QED) is 0.634. The zero-order chi connectivity index (χ0) is 19.5. The Labute approximate surface area is 160 Å². The van der Waals surface area contributed by atoms with Crippen LogP contribution in [0.2, 0.25) is 0 Å². The second kappa shape index (κ2) is 8.30. The van der Waals surface area contributed by atoms with Gasteiger partial charge in [0.2, 0.25) is 0 Å². The lowest BCUT2D eigenvalue weighted by atomic mass is 9.77. The first kappa shape index (κ1) is 20.6. The first-order valence-corrected chi connectivity index (χ1v) is 10.4. The van der Waals surface area contributed by atoms with E-state index < -0.39 is 10.8 Å². The van der Waals surface area contributed by atoms with E-state index in [9.17, 15) is 9.00 Å². The summed E-state index contributed by atoms with van der Waals surface area (Å²) in [6, 6.07) is 15.5. The standard InChI is InChI=1S/C23H30O2S/c1-16(2)22(24)20(15-23(4,5)6)19-9-7-8-10-21(19)26(25)18-13-11-17(3)12-14-18/h7-14,16,20H,15H2,1-6H3/t20-,26-/m0/s1. The Morgan fingerprint density at radius 2 is 1.58 bits per heavy atom. The molecule has 2 atom stereocenters. The van der Waals surface area contributed by atoms with Crippen molar-refractivity contribution >= 4 is 16.6 Å². The molecule has 2 aromatic rings. The van der Waals surface area contributed by atoms with Crippen LogP contribution in [0.4, 0.5) is 0 Å². The van der Waals surface area contributed by atoms with Gasteiger partial charge in [-0.2, -0.15) is 0 Å². The minimum Gasteiger partial charge on any atom is -0.299 e. The average molecular weight is 371 g/mol. The normalized spacial score (nSPS) is 14.3. The van der Waals surface area contributed by atoms with E-state index in [4.69, 9.17) is 0 Å². The topological polar surface area (TPSA) is 34.1 Å². The number of rotatable bonds is 6. The van der Waals surface area contributed by atoms with Gasteiger partial charge >= 0.3 is 0 Å². The molecule has 26 heavy (non-hydrogen) atoms. The van der Waals surface area contributed by atoms with Crippen molar-refractivity contribution in [2.45, 2.75) is 63.7 Å². The van der Waals surface area contributed by atoms with Crippen LogP contribution in [0.25, 0.3) is 0 Å². The van der Waals surface area contributed by atoms with Crippen LogP contribution in [0.15, 0.2) is 58.3 Å². The maximum absolute atomic E-state index is 13.2. The molecular weight excluding hydrogens is 340 g/mol. The van der Waals surface area contributed by atoms with Crippen molar-refractivity contribution in [3.05, 3.63) is 59.7 Å². The van der Waals surface area contributed by atoms with Crippen LogP contribution in [0.3, 0.4) is 0 Å². The summed E-state index contributed by atoms with van der Waals surface area (Å²) in [6.45, 7) is 12.3. The van der Waals surface area contributed by atoms with Gasteiger partial charge in [-0.05, 0) is 42.5 Å². The van der Waals surface area contributed by atoms with Crippen LogP contribution in [0.1, 0.15) is 58.1 Å². The third kappa shape index (κ3) is 5.14. The molecule has 140 valence electrons. The summed E-state index contributed by atoms with van der Waals surface area (Å²) < 4.78 is 13.2. The van der Waals surface area contributed by atoms with Crippen LogP contribution in [0, 0.1) is 18.3 Å². The molecule has 0 amide bonds. The van der Waals surface area contributed by atoms with Crippen molar-refractivity contribution in [3.63, 3.8) is 0 Å². The van der Waals surface area contributed by atoms with Gasteiger partial charge in [-0.3, -0.25) is 4.79 Å². The molecule has 0 heterocycles. The fourth-order valence-electron chi connectivity index (χ4n) is 3.10. The van der Waals surface area contributed by atoms with Crippen molar-refractivity contribution in [1.29, 1.82) is 0 Å². The number of hydrogen-bond acceptors (Lipinski definition) is 2. The highest BCUT2D eigenvalue weighted by molar-refractivity contribution is 7.85. The van der Waals surface area contributed by atoms with E-state index >= 15 is 0 Å². The molecule has 2 rings (SSSR count). The molecule has 2 nitrogen and oxygen atoms in total. The highest BCUT2D eigenvalue weighted by Gasteiger charge is 2.30. The van der Waals surface area contributed by atoms with E-state index in [2.05, 4.69) is 20.8 Å². The third-order valence-corrected chi connectivity index (χ3v) is 5.93. The van der Waals surface area contributed by atoms with E-state index in [1.54, 1.807) is 0 Å². The van der Waals surface area contributed by atoms with Crippen LogP contribution >= 0.6 is 0 Å². The predicted molar refractivity (Wildman–Crippen MR) is 109 cm³/mol. The summed E-state index contributed by atoms with van der Waals surface area (Å²) in [5.74, 6) is -0.0721. The lowest BCUT2D eigenvalue weighted by Gasteiger charge is -2.28. The lowest BCUT2D eigenvalue weighted by molar-refractivity contribution is -0.124. The first-order valence-electron chi connectivity index (χ1n) is 9.21. The monoisotopic (exact) mass is 370 g/mol. The summed E-state index contributed by atoms with van der Waals surface area (Å²) in [6.07, 6.45) is 0.742. The Bertz CT molecular complexity index is 783. The van der Waals surface area contributed by atoms with Gasteiger partial charge in [0, 0.05) is 21.6 Å². The van der Waals surface area contributed by atoms with E-state index in [0.29, 0.717) is 0 Å². The fourth-order valence-corrected chi connectivity index (χ4v) is 4.37. The zero-order valence-corrected chi connectivity index (χ0v) is 17.5. The molecule has 0 aromatic heterocycles. The molecule has 0 saturated heterocycles. The van der Waals surface area contributed by atoms with E-state index in [1.807, 2.05) is 69.3 Å². The van der Waals surface area contributed by atoms with Crippen molar-refractivity contribution in [3.8, 4) is 0 Å². The van der Waals surface area contributed by atoms with Crippen LogP contribution < -0.4 is 0 Å². The van der Waals surface area contributed by atoms with Gasteiger partial charge in [-0.25, -0.2) is 4.21 Å². The number of carbonyl (C=O) groups is 1. The number of hydrogen-bond donors (Lipinski definition) is 0. The summed E-state index contributed by atoms with van der Waals surface area (Å²) in [5.41, 5.74) is 2.05. The van der Waals surface area contributed by atoms with Gasteiger partial charge in [-0.1, -0.05) is 70.5 Å². The Hall–Kier alpha value is -1.74. The number of Topliss-reactive ketones (excluding diaryl/α,β-unsaturated/α-hetero) is 1. The second-order valence-electron chi connectivity index (χ2n) is 8.49. The molecular formula is C23H30O2S. The molecule has 0 aliphatic heterocycles. The van der Waals surface area contributed by atoms with Crippen LogP contribution in [-0.4, -0.2) is 9.99 Å². The Balaban J connectivity index is 2.52. The van der Waals surface area contributed by atoms with Gasteiger partial charge in [0.1, 0.15) is 5.78 Å². The lowest BCUT2D eigenvalue weighted by Crippen LogP contribution is -2.24. The summed E-state index contributed by atoms with van der Waals surface area (Å²) >= 11 is 0.